The average Bonchev–Trinajstić information content (AvgIpc) is 3.25. The molecule has 1 aromatic rings. The van der Waals surface area contributed by atoms with E-state index in [1.165, 1.54) is 74.7 Å². The van der Waals surface area contributed by atoms with E-state index in [1.807, 2.05) is 0 Å². The van der Waals surface area contributed by atoms with Gasteiger partial charge in [-0.3, -0.25) is 4.79 Å². The third kappa shape index (κ3) is 7.19. The number of rotatable bonds is 12. The summed E-state index contributed by atoms with van der Waals surface area (Å²) in [6, 6.07) is 4.38. The lowest BCUT2D eigenvalue weighted by Gasteiger charge is -2.36. The van der Waals surface area contributed by atoms with Gasteiger partial charge in [-0.15, -0.1) is 0 Å². The first kappa shape index (κ1) is 28.2. The topological polar surface area (TPSA) is 38.8 Å². The van der Waals surface area contributed by atoms with Gasteiger partial charge in [-0.2, -0.15) is 0 Å². The quantitative estimate of drug-likeness (QED) is 0.161. The molecule has 206 valence electrons. The summed E-state index contributed by atoms with van der Waals surface area (Å²) in [7, 11) is 0. The Morgan fingerprint density at radius 2 is 1.92 bits per heavy atom. The van der Waals surface area contributed by atoms with Gasteiger partial charge in [-0.1, -0.05) is 52.9 Å². The molecule has 4 rings (SSSR count). The second-order valence-corrected chi connectivity index (χ2v) is 12.5. The molecule has 0 aromatic heterocycles. The Bertz CT molecular complexity index is 957. The van der Waals surface area contributed by atoms with Gasteiger partial charge in [-0.25, -0.2) is 0 Å². The van der Waals surface area contributed by atoms with Gasteiger partial charge < -0.3 is 14.4 Å². The van der Waals surface area contributed by atoms with E-state index in [4.69, 9.17) is 9.47 Å². The maximum Gasteiger partial charge on any atom is 0.311 e. The maximum atomic E-state index is 13.1. The van der Waals surface area contributed by atoms with Crippen LogP contribution in [-0.2, 0) is 11.2 Å². The fraction of sp³-hybridized carbons (Fsp3) is 0.727. The van der Waals surface area contributed by atoms with Crippen molar-refractivity contribution in [3.63, 3.8) is 0 Å². The minimum atomic E-state index is -0.311. The molecule has 37 heavy (non-hydrogen) atoms. The van der Waals surface area contributed by atoms with E-state index in [1.54, 1.807) is 0 Å². The zero-order valence-corrected chi connectivity index (χ0v) is 24.3. The summed E-state index contributed by atoms with van der Waals surface area (Å²) in [4.78, 5) is 15.6. The summed E-state index contributed by atoms with van der Waals surface area (Å²) in [6.45, 7) is 14.7. The standard InChI is InChI=1S/C33H51NO3/c1-6-7-9-13-24(2)15-17-26-22-28(36-30(35)14-12-21-34-19-10-8-11-20-34)32-29(23-26)37-33(4,5)27-18-16-25(3)31(27)32/h22-25H,6-21H2,1-5H3. The Balaban J connectivity index is 1.51. The zero-order valence-electron chi connectivity index (χ0n) is 24.3. The molecule has 2 unspecified atom stereocenters. The molecular weight excluding hydrogens is 458 g/mol. The highest BCUT2D eigenvalue weighted by Gasteiger charge is 2.41. The number of likely N-dealkylation sites (tertiary alicyclic amines) is 1. The van der Waals surface area contributed by atoms with Crippen LogP contribution < -0.4 is 9.47 Å². The molecule has 1 saturated heterocycles. The molecule has 0 N–H and O–H groups in total. The van der Waals surface area contributed by atoms with Gasteiger partial charge in [0, 0.05) is 6.42 Å². The van der Waals surface area contributed by atoms with E-state index >= 15 is 0 Å². The van der Waals surface area contributed by atoms with Crippen LogP contribution in [0.1, 0.15) is 123 Å². The summed E-state index contributed by atoms with van der Waals surface area (Å²) >= 11 is 0. The van der Waals surface area contributed by atoms with Crippen molar-refractivity contribution in [1.82, 2.24) is 4.90 Å². The molecule has 2 atom stereocenters. The van der Waals surface area contributed by atoms with Crippen LogP contribution in [0.2, 0.25) is 0 Å². The first-order valence-corrected chi connectivity index (χ1v) is 15.3. The molecule has 0 radical (unpaired) electrons. The van der Waals surface area contributed by atoms with Crippen molar-refractivity contribution in [2.75, 3.05) is 19.6 Å². The summed E-state index contributed by atoms with van der Waals surface area (Å²) in [6.07, 6.45) is 14.8. The van der Waals surface area contributed by atoms with Gasteiger partial charge >= 0.3 is 5.97 Å². The molecule has 4 nitrogen and oxygen atoms in total. The first-order valence-electron chi connectivity index (χ1n) is 15.3. The van der Waals surface area contributed by atoms with Crippen LogP contribution in [0.15, 0.2) is 17.7 Å². The van der Waals surface area contributed by atoms with E-state index in [0.29, 0.717) is 18.3 Å². The number of hydrogen-bond donors (Lipinski definition) is 0. The third-order valence-corrected chi connectivity index (χ3v) is 8.89. The number of piperidine rings is 1. The molecule has 0 bridgehead atoms. The second-order valence-electron chi connectivity index (χ2n) is 12.5. The molecule has 1 aliphatic carbocycles. The summed E-state index contributed by atoms with van der Waals surface area (Å²) in [5.74, 6) is 2.68. The van der Waals surface area contributed by atoms with Gasteiger partial charge in [0.1, 0.15) is 17.1 Å². The van der Waals surface area contributed by atoms with Crippen LogP contribution in [0.3, 0.4) is 0 Å². The molecule has 2 heterocycles. The number of hydrogen-bond acceptors (Lipinski definition) is 4. The number of benzene rings is 1. The summed E-state index contributed by atoms with van der Waals surface area (Å²) in [5, 5.41) is 0. The zero-order chi connectivity index (χ0) is 26.4. The molecule has 4 heteroatoms. The predicted octanol–water partition coefficient (Wildman–Crippen LogP) is 8.36. The molecular formula is C33H51NO3. The van der Waals surface area contributed by atoms with Crippen molar-refractivity contribution in [2.24, 2.45) is 11.8 Å². The van der Waals surface area contributed by atoms with E-state index in [-0.39, 0.29) is 11.6 Å². The van der Waals surface area contributed by atoms with E-state index in [0.717, 1.165) is 55.7 Å². The second kappa shape index (κ2) is 12.8. The van der Waals surface area contributed by atoms with Crippen LogP contribution >= 0.6 is 0 Å². The molecule has 2 aliphatic heterocycles. The fourth-order valence-electron chi connectivity index (χ4n) is 6.62. The number of aryl methyl sites for hydroxylation is 1. The minimum Gasteiger partial charge on any atom is -0.483 e. The Hall–Kier alpha value is -1.81. The van der Waals surface area contributed by atoms with Gasteiger partial charge in [0.2, 0.25) is 0 Å². The highest BCUT2D eigenvalue weighted by atomic mass is 16.5. The Morgan fingerprint density at radius 3 is 2.68 bits per heavy atom. The first-order chi connectivity index (χ1) is 17.8. The lowest BCUT2D eigenvalue weighted by Crippen LogP contribution is -2.34. The number of fused-ring (bicyclic) bond motifs is 2. The van der Waals surface area contributed by atoms with E-state index < -0.39 is 0 Å². The van der Waals surface area contributed by atoms with Crippen LogP contribution in [0.4, 0.5) is 0 Å². The van der Waals surface area contributed by atoms with Crippen molar-refractivity contribution in [1.29, 1.82) is 0 Å². The van der Waals surface area contributed by atoms with Gasteiger partial charge in [0.05, 0.1) is 5.56 Å². The number of unbranched alkanes of at least 4 members (excludes halogenated alkanes) is 2. The predicted molar refractivity (Wildman–Crippen MR) is 153 cm³/mol. The highest BCUT2D eigenvalue weighted by Crippen LogP contribution is 2.54. The Morgan fingerprint density at radius 1 is 1.14 bits per heavy atom. The fourth-order valence-corrected chi connectivity index (χ4v) is 6.62. The summed E-state index contributed by atoms with van der Waals surface area (Å²) < 4.78 is 12.8. The molecule has 1 fully saturated rings. The summed E-state index contributed by atoms with van der Waals surface area (Å²) in [5.41, 5.74) is 4.70. The van der Waals surface area contributed by atoms with Crippen LogP contribution in [-0.4, -0.2) is 36.1 Å². The third-order valence-electron chi connectivity index (χ3n) is 8.89. The molecule has 0 amide bonds. The van der Waals surface area contributed by atoms with Crippen molar-refractivity contribution < 1.29 is 14.3 Å². The SMILES string of the molecule is CCCCCC(C)CCc1cc(OC(=O)CCCN2CCCCC2)c2c(c1)OC(C)(C)C1=C2C(C)CC1. The van der Waals surface area contributed by atoms with Crippen molar-refractivity contribution >= 4 is 11.5 Å². The minimum absolute atomic E-state index is 0.109. The monoisotopic (exact) mass is 509 g/mol. The van der Waals surface area contributed by atoms with Crippen LogP contribution in [0, 0.1) is 11.8 Å². The molecule has 3 aliphatic rings. The molecule has 1 aromatic carbocycles. The van der Waals surface area contributed by atoms with Gasteiger partial charge in [0.25, 0.3) is 0 Å². The van der Waals surface area contributed by atoms with E-state index in [2.05, 4.69) is 51.7 Å². The van der Waals surface area contributed by atoms with Gasteiger partial charge in [0.15, 0.2) is 0 Å². The van der Waals surface area contributed by atoms with Crippen LogP contribution in [0.25, 0.3) is 5.57 Å². The molecule has 0 saturated carbocycles. The van der Waals surface area contributed by atoms with Crippen molar-refractivity contribution in [2.45, 2.75) is 124 Å². The lowest BCUT2D eigenvalue weighted by molar-refractivity contribution is -0.134. The highest BCUT2D eigenvalue weighted by molar-refractivity contribution is 5.85. The lowest BCUT2D eigenvalue weighted by atomic mass is 9.84. The average molecular weight is 510 g/mol. The number of carbonyl (C=O) groups is 1. The van der Waals surface area contributed by atoms with E-state index in [9.17, 15) is 4.79 Å². The number of allylic oxidation sites excluding steroid dienone is 1. The van der Waals surface area contributed by atoms with Crippen molar-refractivity contribution in [3.8, 4) is 11.5 Å². The number of ether oxygens (including phenoxy) is 2. The smallest absolute Gasteiger partial charge is 0.311 e. The van der Waals surface area contributed by atoms with Gasteiger partial charge in [-0.05, 0) is 119 Å². The number of nitrogens with zero attached hydrogens (tertiary/aromatic N) is 1. The largest absolute Gasteiger partial charge is 0.483 e. The maximum absolute atomic E-state index is 13.1. The van der Waals surface area contributed by atoms with Crippen molar-refractivity contribution in [3.05, 3.63) is 28.8 Å². The normalized spacial score (nSPS) is 21.8. The number of carbonyl (C=O) groups excluding carboxylic acids is 1. The Kier molecular flexibility index (Phi) is 9.78. The Labute approximate surface area is 226 Å². The molecule has 0 spiro atoms. The number of esters is 1. The van der Waals surface area contributed by atoms with Crippen LogP contribution in [0.5, 0.6) is 11.5 Å².